The third-order valence-corrected chi connectivity index (χ3v) is 0. The van der Waals surface area contributed by atoms with Crippen LogP contribution in [0.1, 0.15) is 0 Å². The molecule has 0 aliphatic rings. The summed E-state index contributed by atoms with van der Waals surface area (Å²) in [6, 6.07) is 0. The van der Waals surface area contributed by atoms with Crippen LogP contribution >= 0.6 is 12.6 Å². The van der Waals surface area contributed by atoms with E-state index in [0.29, 0.717) is 0 Å². The topological polar surface area (TPSA) is 40.1 Å². The molecule has 0 N–H and O–H groups in total. The van der Waals surface area contributed by atoms with Crippen molar-refractivity contribution >= 4 is 17.9 Å². The Balaban J connectivity index is 0. The third kappa shape index (κ3) is 30.7. The van der Waals surface area contributed by atoms with Crippen LogP contribution in [0, 0.1) is 0 Å². The van der Waals surface area contributed by atoms with Gasteiger partial charge in [-0.3, -0.25) is 0 Å². The molecule has 0 spiro atoms. The minimum atomic E-state index is -1.39. The molecule has 2 nitrogen and oxygen atoms in total. The number of carbonyl (C=O) groups is 1. The van der Waals surface area contributed by atoms with Crippen LogP contribution in [0.5, 0.6) is 0 Å². The first-order valence-corrected chi connectivity index (χ1v) is 1.08. The molecule has 4 heteroatoms. The van der Waals surface area contributed by atoms with Crippen LogP contribution in [0.25, 0.3) is 0 Å². The summed E-state index contributed by atoms with van der Waals surface area (Å²) < 4.78 is 0. The van der Waals surface area contributed by atoms with Gasteiger partial charge in [0.05, 0.1) is 5.30 Å². The Morgan fingerprint density at radius 1 is 1.80 bits per heavy atom. The summed E-state index contributed by atoms with van der Waals surface area (Å²) in [4.78, 5) is 8.75. The molecule has 0 aromatic heterocycles. The van der Waals surface area contributed by atoms with Gasteiger partial charge in [-0.15, -0.1) is 12.6 Å². The summed E-state index contributed by atoms with van der Waals surface area (Å²) in [6.45, 7) is 0. The Morgan fingerprint density at radius 2 is 1.80 bits per heavy atom. The molecular weight excluding hydrogens is 115 g/mol. The second-order valence-electron chi connectivity index (χ2n) is 0.266. The van der Waals surface area contributed by atoms with E-state index in [-0.39, 0.29) is 51.4 Å². The second-order valence-corrected chi connectivity index (χ2v) is 0.631. The molecule has 0 unspecified atom stereocenters. The molecule has 0 atom stereocenters. The van der Waals surface area contributed by atoms with Gasteiger partial charge in [-0.1, -0.05) is 0 Å². The van der Waals surface area contributed by atoms with Crippen molar-refractivity contribution in [1.82, 2.24) is 0 Å². The van der Waals surface area contributed by atoms with E-state index in [1.54, 1.807) is 0 Å². The SMILES string of the molecule is O=C([O-])S.[K+]. The van der Waals surface area contributed by atoms with Gasteiger partial charge in [0.15, 0.2) is 0 Å². The third-order valence-electron chi connectivity index (χ3n) is 0. The van der Waals surface area contributed by atoms with Crippen LogP contribution < -0.4 is 56.5 Å². The molecule has 0 fully saturated rings. The van der Waals surface area contributed by atoms with E-state index in [0.717, 1.165) is 0 Å². The summed E-state index contributed by atoms with van der Waals surface area (Å²) in [5.74, 6) is 0. The Hall–Kier alpha value is 1.46. The molecule has 0 aromatic carbocycles. The summed E-state index contributed by atoms with van der Waals surface area (Å²) in [5, 5.41) is 7.36. The maximum Gasteiger partial charge on any atom is 1.00 e. The smallest absolute Gasteiger partial charge is 0.539 e. The van der Waals surface area contributed by atoms with Gasteiger partial charge in [-0.05, 0) is 0 Å². The summed E-state index contributed by atoms with van der Waals surface area (Å²) >= 11 is 2.77. The van der Waals surface area contributed by atoms with Crippen LogP contribution in [-0.4, -0.2) is 5.30 Å². The molecule has 0 aliphatic heterocycles. The Morgan fingerprint density at radius 3 is 1.80 bits per heavy atom. The number of carbonyl (C=O) groups excluding carboxylic acids is 1. The van der Waals surface area contributed by atoms with Crippen molar-refractivity contribution in [2.24, 2.45) is 0 Å². The zero-order chi connectivity index (χ0) is 3.58. The molecule has 5 heavy (non-hydrogen) atoms. The van der Waals surface area contributed by atoms with E-state index >= 15 is 0 Å². The molecule has 0 saturated heterocycles. The minimum Gasteiger partial charge on any atom is -0.539 e. The fourth-order valence-electron chi connectivity index (χ4n) is 0. The summed E-state index contributed by atoms with van der Waals surface area (Å²) in [5.41, 5.74) is 0. The molecule has 0 rings (SSSR count). The number of thiol groups is 1. The standard InChI is InChI=1S/CH2O2S.K/c2-1(3)4;/h4H,(H,2,3);/q;+1/p-1. The average Bonchev–Trinajstić information content (AvgIpc) is 0.811. The predicted octanol–water partition coefficient (Wildman–Crippen LogP) is -3.74. The van der Waals surface area contributed by atoms with Crippen molar-refractivity contribution < 1.29 is 61.3 Å². The summed E-state index contributed by atoms with van der Waals surface area (Å²) in [7, 11) is 0. The molecule has 0 saturated carbocycles. The van der Waals surface area contributed by atoms with Crippen molar-refractivity contribution in [3.05, 3.63) is 0 Å². The van der Waals surface area contributed by atoms with Gasteiger partial charge in [-0.25, -0.2) is 0 Å². The fraction of sp³-hybridized carbons (Fsp3) is 0. The Kier molecular flexibility index (Phi) is 10.6. The maximum atomic E-state index is 8.75. The zero-order valence-corrected chi connectivity index (χ0v) is 6.78. The Labute approximate surface area is 77.8 Å². The van der Waals surface area contributed by atoms with E-state index in [4.69, 9.17) is 9.90 Å². The first kappa shape index (κ1) is 9.68. The first-order valence-electron chi connectivity index (χ1n) is 0.632. The van der Waals surface area contributed by atoms with Crippen molar-refractivity contribution in [3.8, 4) is 0 Å². The monoisotopic (exact) mass is 116 g/mol. The van der Waals surface area contributed by atoms with Crippen LogP contribution in [0.2, 0.25) is 0 Å². The van der Waals surface area contributed by atoms with E-state index in [1.807, 2.05) is 0 Å². The number of hydrogen-bond donors (Lipinski definition) is 1. The molecular formula is CHKO2S. The second kappa shape index (κ2) is 5.46. The maximum absolute atomic E-state index is 8.75. The van der Waals surface area contributed by atoms with Crippen LogP contribution in [-0.2, 0) is 0 Å². The van der Waals surface area contributed by atoms with Crippen molar-refractivity contribution in [2.75, 3.05) is 0 Å². The summed E-state index contributed by atoms with van der Waals surface area (Å²) in [6.07, 6.45) is 0. The quantitative estimate of drug-likeness (QED) is 0.261. The van der Waals surface area contributed by atoms with Crippen LogP contribution in [0.3, 0.4) is 0 Å². The largest absolute Gasteiger partial charge is 1.00 e. The molecule has 24 valence electrons. The van der Waals surface area contributed by atoms with Gasteiger partial charge in [-0.2, -0.15) is 0 Å². The molecule has 0 aliphatic carbocycles. The van der Waals surface area contributed by atoms with Crippen molar-refractivity contribution in [1.29, 1.82) is 0 Å². The van der Waals surface area contributed by atoms with Gasteiger partial charge >= 0.3 is 51.4 Å². The molecule has 0 aromatic rings. The average molecular weight is 116 g/mol. The van der Waals surface area contributed by atoms with E-state index < -0.39 is 5.30 Å². The normalized spacial score (nSPS) is 5.00. The van der Waals surface area contributed by atoms with Gasteiger partial charge in [0.1, 0.15) is 0 Å². The van der Waals surface area contributed by atoms with Gasteiger partial charge in [0.2, 0.25) is 0 Å². The Bertz CT molecular complexity index is 32.6. The van der Waals surface area contributed by atoms with E-state index in [1.165, 1.54) is 0 Å². The first-order chi connectivity index (χ1) is 1.73. The van der Waals surface area contributed by atoms with Gasteiger partial charge in [0, 0.05) is 0 Å². The zero-order valence-electron chi connectivity index (χ0n) is 2.76. The van der Waals surface area contributed by atoms with E-state index in [9.17, 15) is 0 Å². The van der Waals surface area contributed by atoms with Crippen molar-refractivity contribution in [3.63, 3.8) is 0 Å². The molecule has 0 radical (unpaired) electrons. The minimum absolute atomic E-state index is 0. The van der Waals surface area contributed by atoms with Crippen LogP contribution in [0.4, 0.5) is 4.79 Å². The van der Waals surface area contributed by atoms with Gasteiger partial charge < -0.3 is 9.90 Å². The van der Waals surface area contributed by atoms with E-state index in [2.05, 4.69) is 12.6 Å². The number of rotatable bonds is 0. The predicted molar refractivity (Wildman–Crippen MR) is 14.4 cm³/mol. The molecule has 0 bridgehead atoms. The molecule has 0 heterocycles. The number of carboxylic acid groups (broad SMARTS) is 1. The number of hydrogen-bond acceptors (Lipinski definition) is 2. The fourth-order valence-corrected chi connectivity index (χ4v) is 0. The van der Waals surface area contributed by atoms with Crippen molar-refractivity contribution in [2.45, 2.75) is 0 Å². The molecule has 0 amide bonds. The van der Waals surface area contributed by atoms with Crippen LogP contribution in [0.15, 0.2) is 0 Å². The van der Waals surface area contributed by atoms with Gasteiger partial charge in [0.25, 0.3) is 0 Å².